The molecule has 1 heterocycles. The summed E-state index contributed by atoms with van der Waals surface area (Å²) in [4.78, 5) is 15.2. The summed E-state index contributed by atoms with van der Waals surface area (Å²) in [6, 6.07) is 17.9. The number of benzene rings is 2. The topological polar surface area (TPSA) is 20.3 Å². The van der Waals surface area contributed by atoms with Gasteiger partial charge in [-0.2, -0.15) is 0 Å². The lowest BCUT2D eigenvalue weighted by Crippen LogP contribution is -2.33. The van der Waals surface area contributed by atoms with Crippen molar-refractivity contribution in [1.82, 2.24) is 4.90 Å². The van der Waals surface area contributed by atoms with Crippen LogP contribution in [0.2, 0.25) is 0 Å². The highest BCUT2D eigenvalue weighted by atomic mass is 32.2. The third-order valence-corrected chi connectivity index (χ3v) is 4.53. The number of rotatable bonds is 1. The first-order chi connectivity index (χ1) is 8.77. The van der Waals surface area contributed by atoms with Crippen LogP contribution in [0.1, 0.15) is 21.3 Å². The van der Waals surface area contributed by atoms with Gasteiger partial charge in [-0.15, -0.1) is 0 Å². The van der Waals surface area contributed by atoms with E-state index >= 15 is 0 Å². The van der Waals surface area contributed by atoms with Gasteiger partial charge in [-0.05, 0) is 17.7 Å². The van der Waals surface area contributed by atoms with Gasteiger partial charge in [-0.25, -0.2) is 0 Å². The third kappa shape index (κ3) is 1.81. The molecule has 18 heavy (non-hydrogen) atoms. The lowest BCUT2D eigenvalue weighted by atomic mass is 10.1. The maximum atomic E-state index is 12.3. The van der Waals surface area contributed by atoms with Crippen LogP contribution in [0, 0.1) is 0 Å². The second-order valence-electron chi connectivity index (χ2n) is 4.29. The fraction of sp³-hybridized carbons (Fsp3) is 0.133. The molecule has 2 aromatic carbocycles. The lowest BCUT2D eigenvalue weighted by molar-refractivity contribution is 0.0770. The zero-order chi connectivity index (χ0) is 12.5. The molecule has 0 aliphatic carbocycles. The lowest BCUT2D eigenvalue weighted by Gasteiger charge is -2.33. The van der Waals surface area contributed by atoms with Gasteiger partial charge in [0, 0.05) is 11.9 Å². The standard InChI is InChI=1S/C15H13NOS/c1-16-14(17)12-9-5-6-10-13(12)18-15(16)11-7-3-2-4-8-11/h2-10,15H,1H3. The van der Waals surface area contributed by atoms with Crippen molar-refractivity contribution in [2.45, 2.75) is 10.3 Å². The summed E-state index contributed by atoms with van der Waals surface area (Å²) in [5.74, 6) is 0.0956. The Hall–Kier alpha value is -1.74. The molecular formula is C15H13NOS. The van der Waals surface area contributed by atoms with Crippen LogP contribution in [-0.4, -0.2) is 17.9 Å². The molecule has 0 radical (unpaired) electrons. The van der Waals surface area contributed by atoms with E-state index in [0.717, 1.165) is 16.0 Å². The molecule has 0 spiro atoms. The zero-order valence-corrected chi connectivity index (χ0v) is 10.9. The van der Waals surface area contributed by atoms with Gasteiger partial charge in [0.05, 0.1) is 5.56 Å². The fourth-order valence-corrected chi connectivity index (χ4v) is 3.38. The Kier molecular flexibility index (Phi) is 2.84. The summed E-state index contributed by atoms with van der Waals surface area (Å²) in [5, 5.41) is 0.0635. The van der Waals surface area contributed by atoms with Crippen LogP contribution in [0.15, 0.2) is 59.5 Å². The normalized spacial score (nSPS) is 18.6. The molecular weight excluding hydrogens is 242 g/mol. The number of fused-ring (bicyclic) bond motifs is 1. The molecule has 0 saturated heterocycles. The Balaban J connectivity index is 2.04. The van der Waals surface area contributed by atoms with Crippen molar-refractivity contribution < 1.29 is 4.79 Å². The smallest absolute Gasteiger partial charge is 0.255 e. The first-order valence-electron chi connectivity index (χ1n) is 5.85. The first kappa shape index (κ1) is 11.4. The Bertz CT molecular complexity index is 582. The fourth-order valence-electron chi connectivity index (χ4n) is 2.15. The first-order valence-corrected chi connectivity index (χ1v) is 6.73. The summed E-state index contributed by atoms with van der Waals surface area (Å²) in [5.41, 5.74) is 1.96. The van der Waals surface area contributed by atoms with Crippen LogP contribution >= 0.6 is 11.8 Å². The second kappa shape index (κ2) is 4.50. The van der Waals surface area contributed by atoms with Gasteiger partial charge in [-0.3, -0.25) is 4.79 Å². The van der Waals surface area contributed by atoms with E-state index in [1.165, 1.54) is 0 Å². The minimum absolute atomic E-state index is 0.0635. The summed E-state index contributed by atoms with van der Waals surface area (Å²) in [6.45, 7) is 0. The Morgan fingerprint density at radius 3 is 2.44 bits per heavy atom. The van der Waals surface area contributed by atoms with E-state index in [9.17, 15) is 4.79 Å². The monoisotopic (exact) mass is 255 g/mol. The maximum absolute atomic E-state index is 12.3. The number of hydrogen-bond acceptors (Lipinski definition) is 2. The largest absolute Gasteiger partial charge is 0.325 e. The molecule has 3 heteroatoms. The summed E-state index contributed by atoms with van der Waals surface area (Å²) in [7, 11) is 1.86. The molecule has 2 aromatic rings. The summed E-state index contributed by atoms with van der Waals surface area (Å²) < 4.78 is 0. The predicted molar refractivity (Wildman–Crippen MR) is 73.6 cm³/mol. The van der Waals surface area contributed by atoms with Crippen LogP contribution in [-0.2, 0) is 0 Å². The van der Waals surface area contributed by atoms with Gasteiger partial charge in [0.2, 0.25) is 0 Å². The van der Waals surface area contributed by atoms with E-state index in [2.05, 4.69) is 12.1 Å². The Morgan fingerprint density at radius 2 is 1.67 bits per heavy atom. The number of carbonyl (C=O) groups excluding carboxylic acids is 1. The molecule has 2 nitrogen and oxygen atoms in total. The van der Waals surface area contributed by atoms with E-state index in [1.807, 2.05) is 54.4 Å². The van der Waals surface area contributed by atoms with Gasteiger partial charge in [0.15, 0.2) is 0 Å². The Morgan fingerprint density at radius 1 is 1.00 bits per heavy atom. The molecule has 0 fully saturated rings. The van der Waals surface area contributed by atoms with Crippen LogP contribution in [0.25, 0.3) is 0 Å². The molecule has 0 N–H and O–H groups in total. The van der Waals surface area contributed by atoms with Gasteiger partial charge in [0.1, 0.15) is 5.37 Å². The van der Waals surface area contributed by atoms with Crippen LogP contribution in [0.5, 0.6) is 0 Å². The summed E-state index contributed by atoms with van der Waals surface area (Å²) in [6.07, 6.45) is 0. The molecule has 1 atom stereocenters. The highest BCUT2D eigenvalue weighted by molar-refractivity contribution is 7.99. The molecule has 1 aliphatic heterocycles. The minimum atomic E-state index is 0.0635. The molecule has 1 amide bonds. The van der Waals surface area contributed by atoms with Crippen molar-refractivity contribution in [2.24, 2.45) is 0 Å². The third-order valence-electron chi connectivity index (χ3n) is 3.11. The SMILES string of the molecule is CN1C(=O)c2ccccc2SC1c1ccccc1. The van der Waals surface area contributed by atoms with Gasteiger partial charge >= 0.3 is 0 Å². The van der Waals surface area contributed by atoms with Gasteiger partial charge in [0.25, 0.3) is 5.91 Å². The van der Waals surface area contributed by atoms with Crippen molar-refractivity contribution in [3.05, 3.63) is 65.7 Å². The number of nitrogens with zero attached hydrogens (tertiary/aromatic N) is 1. The molecule has 1 unspecified atom stereocenters. The van der Waals surface area contributed by atoms with E-state index in [0.29, 0.717) is 0 Å². The van der Waals surface area contributed by atoms with Crippen LogP contribution in [0.4, 0.5) is 0 Å². The zero-order valence-electron chi connectivity index (χ0n) is 10.0. The Labute approximate surface area is 111 Å². The average Bonchev–Trinajstić information content (AvgIpc) is 2.44. The molecule has 1 aliphatic rings. The van der Waals surface area contributed by atoms with Gasteiger partial charge < -0.3 is 4.90 Å². The minimum Gasteiger partial charge on any atom is -0.325 e. The average molecular weight is 255 g/mol. The molecule has 90 valence electrons. The number of amides is 1. The predicted octanol–water partition coefficient (Wildman–Crippen LogP) is 3.56. The maximum Gasteiger partial charge on any atom is 0.255 e. The highest BCUT2D eigenvalue weighted by Crippen LogP contribution is 2.43. The van der Waals surface area contributed by atoms with E-state index in [4.69, 9.17) is 0 Å². The second-order valence-corrected chi connectivity index (χ2v) is 5.42. The van der Waals surface area contributed by atoms with Crippen LogP contribution in [0.3, 0.4) is 0 Å². The highest BCUT2D eigenvalue weighted by Gasteiger charge is 2.30. The number of thioether (sulfide) groups is 1. The summed E-state index contributed by atoms with van der Waals surface area (Å²) >= 11 is 1.73. The van der Waals surface area contributed by atoms with E-state index in [-0.39, 0.29) is 11.3 Å². The number of hydrogen-bond donors (Lipinski definition) is 0. The molecule has 0 saturated carbocycles. The van der Waals surface area contributed by atoms with Crippen molar-refractivity contribution in [1.29, 1.82) is 0 Å². The quantitative estimate of drug-likeness (QED) is 0.776. The van der Waals surface area contributed by atoms with E-state index in [1.54, 1.807) is 11.8 Å². The van der Waals surface area contributed by atoms with E-state index < -0.39 is 0 Å². The van der Waals surface area contributed by atoms with Crippen molar-refractivity contribution in [2.75, 3.05) is 7.05 Å². The van der Waals surface area contributed by atoms with Gasteiger partial charge in [-0.1, -0.05) is 54.2 Å². The molecule has 3 rings (SSSR count). The molecule has 0 bridgehead atoms. The van der Waals surface area contributed by atoms with Crippen molar-refractivity contribution in [3.63, 3.8) is 0 Å². The van der Waals surface area contributed by atoms with Crippen LogP contribution < -0.4 is 0 Å². The van der Waals surface area contributed by atoms with Crippen molar-refractivity contribution >= 4 is 17.7 Å². The molecule has 0 aromatic heterocycles. The number of carbonyl (C=O) groups is 1. The van der Waals surface area contributed by atoms with Crippen molar-refractivity contribution in [3.8, 4) is 0 Å².